The van der Waals surface area contributed by atoms with Crippen molar-refractivity contribution in [1.29, 1.82) is 0 Å². The fourth-order valence-corrected chi connectivity index (χ4v) is 5.33. The fraction of sp³-hybridized carbons (Fsp3) is 0.381. The second-order valence-electron chi connectivity index (χ2n) is 7.24. The van der Waals surface area contributed by atoms with Gasteiger partial charge in [-0.15, -0.1) is 0 Å². The molecule has 0 aromatic heterocycles. The molecule has 0 bridgehead atoms. The first-order chi connectivity index (χ1) is 15.7. The van der Waals surface area contributed by atoms with Crippen molar-refractivity contribution >= 4 is 33.3 Å². The molecule has 0 saturated carbocycles. The molecular formula is C21H23ClN2O8S. The number of hydrogen-bond acceptors (Lipinski definition) is 8. The largest absolute Gasteiger partial charge is 0.497 e. The van der Waals surface area contributed by atoms with Gasteiger partial charge in [0, 0.05) is 25.2 Å². The summed E-state index contributed by atoms with van der Waals surface area (Å²) < 4.78 is 42.9. The van der Waals surface area contributed by atoms with E-state index in [1.54, 1.807) is 31.4 Å². The molecule has 1 aliphatic rings. The maximum absolute atomic E-state index is 12.9. The number of non-ortho nitro benzene ring substituents is 1. The zero-order chi connectivity index (χ0) is 24.0. The predicted octanol–water partition coefficient (Wildman–Crippen LogP) is 3.28. The molecule has 1 saturated heterocycles. The van der Waals surface area contributed by atoms with Crippen molar-refractivity contribution in [2.75, 3.05) is 33.4 Å². The van der Waals surface area contributed by atoms with Crippen LogP contribution in [0.4, 0.5) is 5.69 Å². The predicted molar refractivity (Wildman–Crippen MR) is 119 cm³/mol. The number of nitrogens with zero attached hydrogens (tertiary/aromatic N) is 2. The first kappa shape index (κ1) is 24.7. The molecule has 0 spiro atoms. The van der Waals surface area contributed by atoms with Gasteiger partial charge >= 0.3 is 5.97 Å². The van der Waals surface area contributed by atoms with Crippen LogP contribution in [-0.2, 0) is 19.6 Å². The summed E-state index contributed by atoms with van der Waals surface area (Å²) in [6.45, 7) is 0.385. The van der Waals surface area contributed by atoms with Crippen LogP contribution in [0.15, 0.2) is 47.4 Å². The molecule has 1 fully saturated rings. The minimum Gasteiger partial charge on any atom is -0.497 e. The van der Waals surface area contributed by atoms with E-state index in [0.717, 1.165) is 12.1 Å². The summed E-state index contributed by atoms with van der Waals surface area (Å²) in [6, 6.07) is 10.3. The molecular weight excluding hydrogens is 476 g/mol. The highest BCUT2D eigenvalue weighted by Gasteiger charge is 2.34. The quantitative estimate of drug-likeness (QED) is 0.223. The van der Waals surface area contributed by atoms with Crippen LogP contribution in [0.2, 0.25) is 5.02 Å². The van der Waals surface area contributed by atoms with Crippen molar-refractivity contribution in [1.82, 2.24) is 4.31 Å². The molecule has 0 atom stereocenters. The molecule has 2 aromatic carbocycles. The third-order valence-corrected chi connectivity index (χ3v) is 7.57. The molecule has 178 valence electrons. The molecule has 0 radical (unpaired) electrons. The summed E-state index contributed by atoms with van der Waals surface area (Å²) in [5, 5.41) is 10.9. The zero-order valence-electron chi connectivity index (χ0n) is 17.8. The smallest absolute Gasteiger partial charge is 0.309 e. The Hall–Kier alpha value is -2.89. The Bertz CT molecular complexity index is 1100. The average molecular weight is 499 g/mol. The minimum absolute atomic E-state index is 0.0622. The zero-order valence-corrected chi connectivity index (χ0v) is 19.4. The van der Waals surface area contributed by atoms with E-state index in [9.17, 15) is 23.3 Å². The number of halogens is 1. The first-order valence-corrected chi connectivity index (χ1v) is 11.9. The molecule has 1 aliphatic heterocycles. The number of rotatable bonds is 9. The Kier molecular flexibility index (Phi) is 8.11. The van der Waals surface area contributed by atoms with Crippen molar-refractivity contribution in [3.8, 4) is 11.5 Å². The van der Waals surface area contributed by atoms with Gasteiger partial charge in [0.2, 0.25) is 10.0 Å². The maximum atomic E-state index is 12.9. The lowest BCUT2D eigenvalue weighted by Gasteiger charge is -2.30. The number of nitro benzene ring substituents is 1. The van der Waals surface area contributed by atoms with E-state index in [0.29, 0.717) is 11.5 Å². The number of hydrogen-bond donors (Lipinski definition) is 0. The third kappa shape index (κ3) is 6.12. The maximum Gasteiger partial charge on any atom is 0.309 e. The van der Waals surface area contributed by atoms with Crippen molar-refractivity contribution < 1.29 is 32.3 Å². The van der Waals surface area contributed by atoms with Gasteiger partial charge < -0.3 is 14.2 Å². The van der Waals surface area contributed by atoms with Gasteiger partial charge in [-0.2, -0.15) is 4.31 Å². The van der Waals surface area contributed by atoms with Crippen LogP contribution in [0.5, 0.6) is 11.5 Å². The van der Waals surface area contributed by atoms with Gasteiger partial charge in [0.05, 0.1) is 23.0 Å². The lowest BCUT2D eigenvalue weighted by atomic mass is 9.98. The number of carbonyl (C=O) groups is 1. The molecule has 0 amide bonds. The Morgan fingerprint density at radius 3 is 2.36 bits per heavy atom. The van der Waals surface area contributed by atoms with Crippen LogP contribution in [0.3, 0.4) is 0 Å². The Morgan fingerprint density at radius 2 is 1.76 bits per heavy atom. The van der Waals surface area contributed by atoms with Crippen LogP contribution >= 0.6 is 11.6 Å². The number of ether oxygens (including phenoxy) is 3. The summed E-state index contributed by atoms with van der Waals surface area (Å²) in [5.74, 6) is 0.455. The van der Waals surface area contributed by atoms with Crippen LogP contribution in [0.1, 0.15) is 12.8 Å². The number of benzene rings is 2. The SMILES string of the molecule is COc1ccc(OCCOC(=O)C2CCN(S(=O)(=O)c3cc([N+](=O)[O-])ccc3Cl)CC2)cc1. The Labute approximate surface area is 196 Å². The van der Waals surface area contributed by atoms with E-state index in [1.165, 1.54) is 10.4 Å². The monoisotopic (exact) mass is 498 g/mol. The molecule has 1 heterocycles. The van der Waals surface area contributed by atoms with Crippen LogP contribution < -0.4 is 9.47 Å². The molecule has 33 heavy (non-hydrogen) atoms. The number of carbonyl (C=O) groups excluding carboxylic acids is 1. The van der Waals surface area contributed by atoms with Crippen molar-refractivity contribution in [2.24, 2.45) is 5.92 Å². The van der Waals surface area contributed by atoms with Gasteiger partial charge in [-0.3, -0.25) is 14.9 Å². The van der Waals surface area contributed by atoms with Crippen LogP contribution in [-0.4, -0.2) is 57.0 Å². The summed E-state index contributed by atoms with van der Waals surface area (Å²) >= 11 is 5.99. The molecule has 3 rings (SSSR count). The van der Waals surface area contributed by atoms with Gasteiger partial charge in [0.1, 0.15) is 29.6 Å². The molecule has 12 heteroatoms. The second kappa shape index (κ2) is 10.8. The first-order valence-electron chi connectivity index (χ1n) is 10.1. The van der Waals surface area contributed by atoms with Crippen LogP contribution in [0, 0.1) is 16.0 Å². The number of methoxy groups -OCH3 is 1. The molecule has 0 N–H and O–H groups in total. The molecule has 0 unspecified atom stereocenters. The standard InChI is InChI=1S/C21H23ClN2O8S/c1-30-17-3-5-18(6-4-17)31-12-13-32-21(25)15-8-10-23(11-9-15)33(28,29)20-14-16(24(26)27)2-7-19(20)22/h2-7,14-15H,8-13H2,1H3. The Balaban J connectivity index is 1.49. The normalized spacial score (nSPS) is 15.1. The third-order valence-electron chi connectivity index (χ3n) is 5.19. The fourth-order valence-electron chi connectivity index (χ4n) is 3.37. The number of piperidine rings is 1. The van der Waals surface area contributed by atoms with E-state index < -0.39 is 26.8 Å². The van der Waals surface area contributed by atoms with Crippen molar-refractivity contribution in [3.63, 3.8) is 0 Å². The number of esters is 1. The lowest BCUT2D eigenvalue weighted by Crippen LogP contribution is -2.40. The van der Waals surface area contributed by atoms with Gasteiger partial charge in [-0.1, -0.05) is 11.6 Å². The molecule has 2 aromatic rings. The number of nitro groups is 1. The highest BCUT2D eigenvalue weighted by Crippen LogP contribution is 2.31. The highest BCUT2D eigenvalue weighted by molar-refractivity contribution is 7.89. The van der Waals surface area contributed by atoms with E-state index in [-0.39, 0.29) is 54.8 Å². The lowest BCUT2D eigenvalue weighted by molar-refractivity contribution is -0.385. The van der Waals surface area contributed by atoms with Gasteiger partial charge in [-0.05, 0) is 43.2 Å². The van der Waals surface area contributed by atoms with Gasteiger partial charge in [0.15, 0.2) is 0 Å². The average Bonchev–Trinajstić information content (AvgIpc) is 2.82. The summed E-state index contributed by atoms with van der Waals surface area (Å²) in [6.07, 6.45) is 0.536. The van der Waals surface area contributed by atoms with Crippen LogP contribution in [0.25, 0.3) is 0 Å². The number of sulfonamides is 1. The minimum atomic E-state index is -4.04. The highest BCUT2D eigenvalue weighted by atomic mass is 35.5. The Morgan fingerprint density at radius 1 is 1.12 bits per heavy atom. The van der Waals surface area contributed by atoms with E-state index >= 15 is 0 Å². The molecule has 10 nitrogen and oxygen atoms in total. The van der Waals surface area contributed by atoms with E-state index in [1.807, 2.05) is 0 Å². The van der Waals surface area contributed by atoms with Gasteiger partial charge in [0.25, 0.3) is 5.69 Å². The molecule has 0 aliphatic carbocycles. The summed E-state index contributed by atoms with van der Waals surface area (Å²) in [7, 11) is -2.47. The second-order valence-corrected chi connectivity index (χ2v) is 9.56. The van der Waals surface area contributed by atoms with Gasteiger partial charge in [-0.25, -0.2) is 8.42 Å². The van der Waals surface area contributed by atoms with E-state index in [4.69, 9.17) is 25.8 Å². The topological polar surface area (TPSA) is 125 Å². The van der Waals surface area contributed by atoms with E-state index in [2.05, 4.69) is 0 Å². The van der Waals surface area contributed by atoms with Crippen molar-refractivity contribution in [2.45, 2.75) is 17.7 Å². The van der Waals surface area contributed by atoms with Crippen molar-refractivity contribution in [3.05, 3.63) is 57.6 Å². The summed E-state index contributed by atoms with van der Waals surface area (Å²) in [5.41, 5.74) is -0.367. The summed E-state index contributed by atoms with van der Waals surface area (Å²) in [4.78, 5) is 22.3.